The standard InChI is InChI=1S/C22H25N5O4S/c1-22(2,3)31-21(29)26-11-9-16-18(13-26)32-20(23-16)24-19(28)17-10-12-27(25-17)14-5-7-15(30-4)8-6-14/h5-8,10,12H,9,11,13H2,1-4H3,(H,23,24,28). The molecular weight excluding hydrogens is 430 g/mol. The van der Waals surface area contributed by atoms with Crippen molar-refractivity contribution in [3.8, 4) is 11.4 Å². The number of hydrogen-bond donors (Lipinski definition) is 1. The van der Waals surface area contributed by atoms with Crippen LogP contribution in [0.25, 0.3) is 5.69 Å². The molecule has 1 N–H and O–H groups in total. The summed E-state index contributed by atoms with van der Waals surface area (Å²) in [5.41, 5.74) is 1.45. The number of aromatic nitrogens is 3. The van der Waals surface area contributed by atoms with E-state index in [-0.39, 0.29) is 17.7 Å². The Balaban J connectivity index is 1.41. The number of thiazole rings is 1. The molecule has 0 radical (unpaired) electrons. The largest absolute Gasteiger partial charge is 0.497 e. The molecule has 9 nitrogen and oxygen atoms in total. The third-order valence-electron chi connectivity index (χ3n) is 4.76. The SMILES string of the molecule is COc1ccc(-n2ccc(C(=O)Nc3nc4c(s3)CN(C(=O)OC(C)(C)C)CC4)n2)cc1. The van der Waals surface area contributed by atoms with Crippen molar-refractivity contribution in [1.82, 2.24) is 19.7 Å². The Morgan fingerprint density at radius 2 is 1.91 bits per heavy atom. The summed E-state index contributed by atoms with van der Waals surface area (Å²) in [5, 5.41) is 7.66. The second-order valence-corrected chi connectivity index (χ2v) is 9.42. The molecule has 168 valence electrons. The monoisotopic (exact) mass is 455 g/mol. The highest BCUT2D eigenvalue weighted by Gasteiger charge is 2.28. The van der Waals surface area contributed by atoms with Crippen LogP contribution < -0.4 is 10.1 Å². The van der Waals surface area contributed by atoms with Crippen LogP contribution in [0.15, 0.2) is 36.5 Å². The summed E-state index contributed by atoms with van der Waals surface area (Å²) in [5.74, 6) is 0.407. The van der Waals surface area contributed by atoms with Gasteiger partial charge >= 0.3 is 6.09 Å². The van der Waals surface area contributed by atoms with E-state index in [0.29, 0.717) is 24.6 Å². The predicted molar refractivity (Wildman–Crippen MR) is 121 cm³/mol. The Labute approximate surface area is 190 Å². The van der Waals surface area contributed by atoms with Crippen molar-refractivity contribution in [3.63, 3.8) is 0 Å². The summed E-state index contributed by atoms with van der Waals surface area (Å²) in [6, 6.07) is 9.03. The number of amides is 2. The number of methoxy groups -OCH3 is 1. The van der Waals surface area contributed by atoms with E-state index >= 15 is 0 Å². The van der Waals surface area contributed by atoms with Gasteiger partial charge in [-0.3, -0.25) is 10.1 Å². The number of benzene rings is 1. The first-order valence-electron chi connectivity index (χ1n) is 10.2. The fourth-order valence-corrected chi connectivity index (χ4v) is 4.24. The topological polar surface area (TPSA) is 98.6 Å². The van der Waals surface area contributed by atoms with Crippen LogP contribution in [0, 0.1) is 0 Å². The number of anilines is 1. The molecule has 0 bridgehead atoms. The van der Waals surface area contributed by atoms with E-state index in [0.717, 1.165) is 22.0 Å². The van der Waals surface area contributed by atoms with Gasteiger partial charge < -0.3 is 14.4 Å². The van der Waals surface area contributed by atoms with Crippen LogP contribution in [-0.4, -0.2) is 50.9 Å². The van der Waals surface area contributed by atoms with Gasteiger partial charge in [-0.1, -0.05) is 11.3 Å². The van der Waals surface area contributed by atoms with E-state index in [1.54, 1.807) is 29.0 Å². The number of nitrogens with zero attached hydrogens (tertiary/aromatic N) is 4. The average molecular weight is 456 g/mol. The first kappa shape index (κ1) is 21.8. The average Bonchev–Trinajstić information content (AvgIpc) is 3.39. The molecule has 3 aromatic rings. The second-order valence-electron chi connectivity index (χ2n) is 8.34. The Morgan fingerprint density at radius 1 is 1.16 bits per heavy atom. The molecule has 0 saturated carbocycles. The molecule has 0 atom stereocenters. The van der Waals surface area contributed by atoms with Crippen LogP contribution in [0.1, 0.15) is 41.8 Å². The van der Waals surface area contributed by atoms with E-state index in [9.17, 15) is 9.59 Å². The van der Waals surface area contributed by atoms with Gasteiger partial charge in [-0.25, -0.2) is 14.5 Å². The molecule has 1 aliphatic rings. The number of carbonyl (C=O) groups is 2. The summed E-state index contributed by atoms with van der Waals surface area (Å²) in [4.78, 5) is 32.2. The molecule has 2 aromatic heterocycles. The fourth-order valence-electron chi connectivity index (χ4n) is 3.22. The van der Waals surface area contributed by atoms with Crippen LogP contribution >= 0.6 is 11.3 Å². The number of hydrogen-bond acceptors (Lipinski definition) is 7. The summed E-state index contributed by atoms with van der Waals surface area (Å²) >= 11 is 1.36. The zero-order chi connectivity index (χ0) is 22.9. The highest BCUT2D eigenvalue weighted by Crippen LogP contribution is 2.29. The molecule has 0 fully saturated rings. The van der Waals surface area contributed by atoms with Crippen molar-refractivity contribution in [2.45, 2.75) is 39.3 Å². The van der Waals surface area contributed by atoms with Crippen LogP contribution in [0.4, 0.5) is 9.93 Å². The molecule has 32 heavy (non-hydrogen) atoms. The van der Waals surface area contributed by atoms with Gasteiger partial charge in [0, 0.05) is 24.0 Å². The molecule has 0 aliphatic carbocycles. The molecule has 1 aromatic carbocycles. The van der Waals surface area contributed by atoms with Crippen LogP contribution in [0.2, 0.25) is 0 Å². The first-order valence-corrected chi connectivity index (χ1v) is 11.0. The van der Waals surface area contributed by atoms with Crippen molar-refractivity contribution in [3.05, 3.63) is 52.8 Å². The minimum atomic E-state index is -0.542. The third kappa shape index (κ3) is 4.91. The van der Waals surface area contributed by atoms with Gasteiger partial charge in [0.1, 0.15) is 11.4 Å². The molecule has 1 aliphatic heterocycles. The maximum atomic E-state index is 12.7. The van der Waals surface area contributed by atoms with Crippen LogP contribution in [0.5, 0.6) is 5.75 Å². The lowest BCUT2D eigenvalue weighted by atomic mass is 10.2. The van der Waals surface area contributed by atoms with Crippen molar-refractivity contribution in [2.24, 2.45) is 0 Å². The van der Waals surface area contributed by atoms with Crippen molar-refractivity contribution < 1.29 is 19.1 Å². The minimum Gasteiger partial charge on any atom is -0.497 e. The molecule has 0 saturated heterocycles. The Morgan fingerprint density at radius 3 is 2.59 bits per heavy atom. The lowest BCUT2D eigenvalue weighted by Gasteiger charge is -2.29. The highest BCUT2D eigenvalue weighted by atomic mass is 32.1. The Bertz CT molecular complexity index is 1130. The van der Waals surface area contributed by atoms with E-state index in [4.69, 9.17) is 9.47 Å². The van der Waals surface area contributed by atoms with Crippen molar-refractivity contribution in [2.75, 3.05) is 19.0 Å². The first-order chi connectivity index (χ1) is 15.2. The van der Waals surface area contributed by atoms with Gasteiger partial charge in [-0.2, -0.15) is 5.10 Å². The van der Waals surface area contributed by atoms with E-state index in [1.165, 1.54) is 11.3 Å². The molecule has 2 amide bonds. The number of nitrogens with one attached hydrogen (secondary N) is 1. The molecule has 4 rings (SSSR count). The summed E-state index contributed by atoms with van der Waals surface area (Å²) < 4.78 is 12.2. The summed E-state index contributed by atoms with van der Waals surface area (Å²) in [7, 11) is 1.61. The van der Waals surface area contributed by atoms with E-state index in [2.05, 4.69) is 15.4 Å². The lowest BCUT2D eigenvalue weighted by Crippen LogP contribution is -2.39. The highest BCUT2D eigenvalue weighted by molar-refractivity contribution is 7.15. The minimum absolute atomic E-state index is 0.282. The predicted octanol–water partition coefficient (Wildman–Crippen LogP) is 3.88. The summed E-state index contributed by atoms with van der Waals surface area (Å²) in [6.07, 6.45) is 2.00. The van der Waals surface area contributed by atoms with E-state index < -0.39 is 5.60 Å². The molecule has 0 spiro atoms. The van der Waals surface area contributed by atoms with Gasteiger partial charge in [0.25, 0.3) is 5.91 Å². The fraction of sp³-hybridized carbons (Fsp3) is 0.364. The number of ether oxygens (including phenoxy) is 2. The summed E-state index contributed by atoms with van der Waals surface area (Å²) in [6.45, 7) is 6.49. The normalized spacial score (nSPS) is 13.4. The van der Waals surface area contributed by atoms with Crippen molar-refractivity contribution >= 4 is 28.5 Å². The van der Waals surface area contributed by atoms with Crippen LogP contribution in [0.3, 0.4) is 0 Å². The number of rotatable bonds is 4. The Hall–Kier alpha value is -3.40. The molecule has 10 heteroatoms. The zero-order valence-corrected chi connectivity index (χ0v) is 19.2. The van der Waals surface area contributed by atoms with Crippen molar-refractivity contribution in [1.29, 1.82) is 0 Å². The molecular formula is C22H25N5O4S. The molecule has 3 heterocycles. The van der Waals surface area contributed by atoms with Gasteiger partial charge in [0.15, 0.2) is 10.8 Å². The van der Waals surface area contributed by atoms with Crippen LogP contribution in [-0.2, 0) is 17.7 Å². The number of carbonyl (C=O) groups excluding carboxylic acids is 2. The lowest BCUT2D eigenvalue weighted by molar-refractivity contribution is 0.0225. The quantitative estimate of drug-likeness (QED) is 0.641. The van der Waals surface area contributed by atoms with Gasteiger partial charge in [0.05, 0.1) is 25.0 Å². The zero-order valence-electron chi connectivity index (χ0n) is 18.4. The van der Waals surface area contributed by atoms with Gasteiger partial charge in [-0.05, 0) is 51.1 Å². The van der Waals surface area contributed by atoms with Gasteiger partial charge in [-0.15, -0.1) is 0 Å². The Kier molecular flexibility index (Phi) is 5.88. The number of fused-ring (bicyclic) bond motifs is 1. The third-order valence-corrected chi connectivity index (χ3v) is 5.76. The molecule has 0 unspecified atom stereocenters. The maximum absolute atomic E-state index is 12.7. The van der Waals surface area contributed by atoms with Gasteiger partial charge in [0.2, 0.25) is 0 Å². The second kappa shape index (κ2) is 8.62. The smallest absolute Gasteiger partial charge is 0.410 e. The van der Waals surface area contributed by atoms with E-state index in [1.807, 2.05) is 45.0 Å². The maximum Gasteiger partial charge on any atom is 0.410 e.